The zero-order valence-electron chi connectivity index (χ0n) is 9.96. The Morgan fingerprint density at radius 3 is 2.33 bits per heavy atom. The van der Waals surface area contributed by atoms with Gasteiger partial charge in [-0.1, -0.05) is 30.3 Å². The molecule has 2 N–H and O–H groups in total. The average molecular weight is 243 g/mol. The minimum Gasteiger partial charge on any atom is -0.368 e. The molecule has 0 saturated heterocycles. The number of aromatic nitrogens is 2. The van der Waals surface area contributed by atoms with Crippen LogP contribution in [0, 0.1) is 6.92 Å². The Hall–Kier alpha value is -2.52. The van der Waals surface area contributed by atoms with Gasteiger partial charge in [0.2, 0.25) is 5.95 Å². The second kappa shape index (κ2) is 6.93. The molecule has 0 aliphatic carbocycles. The fraction of sp³-hybridized carbons (Fsp3) is 0.154. The van der Waals surface area contributed by atoms with Crippen LogP contribution in [0.5, 0.6) is 0 Å². The lowest BCUT2D eigenvalue weighted by Crippen LogP contribution is -2.01. The molecule has 0 unspecified atom stereocenters. The third kappa shape index (κ3) is 4.55. The Labute approximate surface area is 105 Å². The van der Waals surface area contributed by atoms with E-state index < -0.39 is 0 Å². The first-order chi connectivity index (χ1) is 8.65. The molecule has 1 heterocycles. The third-order valence-corrected chi connectivity index (χ3v) is 2.15. The molecule has 0 atom stereocenters. The number of benzene rings is 1. The van der Waals surface area contributed by atoms with E-state index in [1.807, 2.05) is 31.2 Å². The number of nitrogens with zero attached hydrogens (tertiary/aromatic N) is 2. The second-order valence-electron chi connectivity index (χ2n) is 3.60. The normalized spacial score (nSPS) is 8.94. The minimum absolute atomic E-state index is 0.250. The molecule has 0 aliphatic heterocycles. The number of carbonyl (C=O) groups excluding carboxylic acids is 2. The number of nitrogens with two attached hydrogens (primary N) is 1. The maximum Gasteiger partial charge on any atom is 0.373 e. The molecule has 1 aromatic carbocycles. The summed E-state index contributed by atoms with van der Waals surface area (Å²) in [5.41, 5.74) is 8.70. The Morgan fingerprint density at radius 2 is 1.78 bits per heavy atom. The van der Waals surface area contributed by atoms with Crippen LogP contribution >= 0.6 is 0 Å². The lowest BCUT2D eigenvalue weighted by molar-refractivity contribution is -0.191. The first kappa shape index (κ1) is 13.5. The minimum atomic E-state index is 0.250. The SMILES string of the molecule is Cc1cc(Cc2ccccc2)nc(N)n1.O=C=O. The molecule has 92 valence electrons. The smallest absolute Gasteiger partial charge is 0.368 e. The standard InChI is InChI=1S/C12H13N3.CO2/c1-9-7-11(15-12(13)14-9)8-10-5-3-2-4-6-10;2-1-3/h2-7H,8H2,1H3,(H2,13,14,15);. The highest BCUT2D eigenvalue weighted by Crippen LogP contribution is 2.08. The number of hydrogen-bond acceptors (Lipinski definition) is 5. The Balaban J connectivity index is 0.000000492. The van der Waals surface area contributed by atoms with Crippen LogP contribution in [0.15, 0.2) is 36.4 Å². The molecule has 0 spiro atoms. The predicted molar refractivity (Wildman–Crippen MR) is 65.4 cm³/mol. The number of anilines is 1. The largest absolute Gasteiger partial charge is 0.373 e. The van der Waals surface area contributed by atoms with Gasteiger partial charge >= 0.3 is 6.15 Å². The van der Waals surface area contributed by atoms with Crippen LogP contribution in [0.25, 0.3) is 0 Å². The van der Waals surface area contributed by atoms with Crippen LogP contribution in [0.2, 0.25) is 0 Å². The van der Waals surface area contributed by atoms with Gasteiger partial charge in [-0.3, -0.25) is 0 Å². The van der Waals surface area contributed by atoms with E-state index in [2.05, 4.69) is 22.1 Å². The monoisotopic (exact) mass is 243 g/mol. The van der Waals surface area contributed by atoms with Crippen LogP contribution in [-0.4, -0.2) is 16.1 Å². The highest BCUT2D eigenvalue weighted by Gasteiger charge is 2.00. The van der Waals surface area contributed by atoms with E-state index in [0.29, 0.717) is 5.95 Å². The van der Waals surface area contributed by atoms with Crippen molar-refractivity contribution >= 4 is 12.1 Å². The van der Waals surface area contributed by atoms with Crippen molar-refractivity contribution in [3.8, 4) is 0 Å². The molecule has 0 amide bonds. The molecule has 0 saturated carbocycles. The van der Waals surface area contributed by atoms with Crippen LogP contribution < -0.4 is 5.73 Å². The fourth-order valence-electron chi connectivity index (χ4n) is 1.55. The molecule has 0 fully saturated rings. The molecule has 2 aromatic rings. The number of rotatable bonds is 2. The van der Waals surface area contributed by atoms with E-state index in [1.54, 1.807) is 0 Å². The third-order valence-electron chi connectivity index (χ3n) is 2.15. The van der Waals surface area contributed by atoms with Gasteiger partial charge < -0.3 is 5.73 Å². The first-order valence-corrected chi connectivity index (χ1v) is 5.29. The average Bonchev–Trinajstić information content (AvgIpc) is 2.29. The van der Waals surface area contributed by atoms with E-state index in [-0.39, 0.29) is 6.15 Å². The summed E-state index contributed by atoms with van der Waals surface area (Å²) in [5.74, 6) is 0.348. The topological polar surface area (TPSA) is 85.9 Å². The molecular weight excluding hydrogens is 230 g/mol. The summed E-state index contributed by atoms with van der Waals surface area (Å²) in [5, 5.41) is 0. The Morgan fingerprint density at radius 1 is 1.17 bits per heavy atom. The van der Waals surface area contributed by atoms with Crippen molar-refractivity contribution < 1.29 is 9.59 Å². The van der Waals surface area contributed by atoms with Gasteiger partial charge in [0.05, 0.1) is 5.69 Å². The van der Waals surface area contributed by atoms with Gasteiger partial charge in [-0.2, -0.15) is 9.59 Å². The van der Waals surface area contributed by atoms with Gasteiger partial charge in [0.1, 0.15) is 0 Å². The summed E-state index contributed by atoms with van der Waals surface area (Å²) in [6.45, 7) is 1.92. The Kier molecular flexibility index (Phi) is 5.22. The zero-order valence-corrected chi connectivity index (χ0v) is 9.96. The molecule has 2 rings (SSSR count). The molecule has 5 heteroatoms. The lowest BCUT2D eigenvalue weighted by Gasteiger charge is -2.03. The summed E-state index contributed by atoms with van der Waals surface area (Å²) in [4.78, 5) is 24.5. The van der Waals surface area contributed by atoms with E-state index in [9.17, 15) is 0 Å². The van der Waals surface area contributed by atoms with Crippen molar-refractivity contribution in [1.82, 2.24) is 9.97 Å². The highest BCUT2D eigenvalue weighted by atomic mass is 16.2. The quantitative estimate of drug-likeness (QED) is 0.861. The van der Waals surface area contributed by atoms with Gasteiger partial charge in [0.25, 0.3) is 0 Å². The van der Waals surface area contributed by atoms with Crippen molar-refractivity contribution in [2.45, 2.75) is 13.3 Å². The highest BCUT2D eigenvalue weighted by molar-refractivity contribution is 5.27. The van der Waals surface area contributed by atoms with Gasteiger partial charge in [-0.25, -0.2) is 9.97 Å². The van der Waals surface area contributed by atoms with Crippen molar-refractivity contribution in [3.63, 3.8) is 0 Å². The van der Waals surface area contributed by atoms with Crippen molar-refractivity contribution in [2.75, 3.05) is 5.73 Å². The fourth-order valence-corrected chi connectivity index (χ4v) is 1.55. The lowest BCUT2D eigenvalue weighted by atomic mass is 10.1. The maximum atomic E-state index is 8.12. The predicted octanol–water partition coefficient (Wildman–Crippen LogP) is 1.37. The van der Waals surface area contributed by atoms with Crippen molar-refractivity contribution in [3.05, 3.63) is 53.3 Å². The van der Waals surface area contributed by atoms with E-state index in [1.165, 1.54) is 5.56 Å². The second-order valence-corrected chi connectivity index (χ2v) is 3.60. The van der Waals surface area contributed by atoms with Gasteiger partial charge in [0.15, 0.2) is 0 Å². The van der Waals surface area contributed by atoms with Gasteiger partial charge in [-0.15, -0.1) is 0 Å². The number of hydrogen-bond donors (Lipinski definition) is 1. The van der Waals surface area contributed by atoms with E-state index >= 15 is 0 Å². The number of aryl methyl sites for hydroxylation is 1. The first-order valence-electron chi connectivity index (χ1n) is 5.29. The van der Waals surface area contributed by atoms with Crippen molar-refractivity contribution in [1.29, 1.82) is 0 Å². The van der Waals surface area contributed by atoms with Gasteiger partial charge in [0, 0.05) is 12.1 Å². The molecule has 0 bridgehead atoms. The molecule has 5 nitrogen and oxygen atoms in total. The van der Waals surface area contributed by atoms with E-state index in [4.69, 9.17) is 15.3 Å². The summed E-state index contributed by atoms with van der Waals surface area (Å²) >= 11 is 0. The van der Waals surface area contributed by atoms with Gasteiger partial charge in [-0.05, 0) is 18.6 Å². The van der Waals surface area contributed by atoms with E-state index in [0.717, 1.165) is 17.8 Å². The summed E-state index contributed by atoms with van der Waals surface area (Å²) in [6, 6.07) is 12.2. The van der Waals surface area contributed by atoms with Crippen molar-refractivity contribution in [2.24, 2.45) is 0 Å². The number of nitrogen functional groups attached to an aromatic ring is 1. The van der Waals surface area contributed by atoms with Crippen LogP contribution in [0.3, 0.4) is 0 Å². The summed E-state index contributed by atoms with van der Waals surface area (Å²) < 4.78 is 0. The Bertz CT molecular complexity index is 515. The molecule has 0 radical (unpaired) electrons. The maximum absolute atomic E-state index is 8.12. The molecule has 1 aromatic heterocycles. The van der Waals surface area contributed by atoms with Crippen LogP contribution in [-0.2, 0) is 16.0 Å². The molecule has 0 aliphatic rings. The summed E-state index contributed by atoms with van der Waals surface area (Å²) in [6.07, 6.45) is 1.05. The summed E-state index contributed by atoms with van der Waals surface area (Å²) in [7, 11) is 0. The zero-order chi connectivity index (χ0) is 13.4. The van der Waals surface area contributed by atoms with Crippen LogP contribution in [0.1, 0.15) is 17.0 Å². The molecule has 18 heavy (non-hydrogen) atoms. The molecular formula is C13H13N3O2. The van der Waals surface area contributed by atoms with Crippen LogP contribution in [0.4, 0.5) is 5.95 Å².